The molecule has 1 aliphatic heterocycles. The van der Waals surface area contributed by atoms with Crippen LogP contribution in [-0.4, -0.2) is 41.8 Å². The summed E-state index contributed by atoms with van der Waals surface area (Å²) in [6.45, 7) is 3.26. The van der Waals surface area contributed by atoms with E-state index in [1.165, 1.54) is 10.6 Å². The lowest BCUT2D eigenvalue weighted by molar-refractivity contribution is -0.0566. The molecular weight excluding hydrogens is 433 g/mol. The highest BCUT2D eigenvalue weighted by atomic mass is 32.2. The first-order chi connectivity index (χ1) is 14.4. The van der Waals surface area contributed by atoms with Crippen molar-refractivity contribution in [3.63, 3.8) is 0 Å². The topological polar surface area (TPSA) is 137 Å². The standard InChI is InChI=1S/C19H22FN3O7S/c1-19(2)18-22-14(15(24)17(26)23(18)6-7-29-19)16(25)21-9-11-4-5-13(20)8-12(11)10-30-31(3,27)28/h4-5,8,24H,6-7,9-10H2,1-3H3,(H,21,25). The van der Waals surface area contributed by atoms with Crippen molar-refractivity contribution < 1.29 is 31.6 Å². The average molecular weight is 455 g/mol. The van der Waals surface area contributed by atoms with Gasteiger partial charge < -0.3 is 15.2 Å². The van der Waals surface area contributed by atoms with Crippen LogP contribution in [0.25, 0.3) is 0 Å². The Morgan fingerprint density at radius 2 is 2.10 bits per heavy atom. The average Bonchev–Trinajstić information content (AvgIpc) is 2.67. The molecule has 0 saturated carbocycles. The second-order valence-corrected chi connectivity index (χ2v) is 9.15. The lowest BCUT2D eigenvalue weighted by Gasteiger charge is -2.32. The summed E-state index contributed by atoms with van der Waals surface area (Å²) in [5.41, 5.74) is -1.56. The predicted molar refractivity (Wildman–Crippen MR) is 106 cm³/mol. The SMILES string of the molecule is CC1(C)OCCn2c1nc(C(=O)NCc1ccc(F)cc1COS(C)(=O)=O)c(O)c2=O. The maximum absolute atomic E-state index is 13.6. The molecule has 0 atom stereocenters. The molecule has 0 spiro atoms. The molecule has 1 aliphatic rings. The van der Waals surface area contributed by atoms with Crippen LogP contribution in [0.1, 0.15) is 41.3 Å². The van der Waals surface area contributed by atoms with Gasteiger partial charge in [-0.1, -0.05) is 6.07 Å². The molecule has 168 valence electrons. The number of benzene rings is 1. The number of aromatic nitrogens is 2. The summed E-state index contributed by atoms with van der Waals surface area (Å²) in [6, 6.07) is 3.60. The molecule has 0 unspecified atom stereocenters. The molecule has 0 aliphatic carbocycles. The lowest BCUT2D eigenvalue weighted by Crippen LogP contribution is -2.42. The van der Waals surface area contributed by atoms with Gasteiger partial charge in [0.2, 0.25) is 5.75 Å². The van der Waals surface area contributed by atoms with Crippen molar-refractivity contribution >= 4 is 16.0 Å². The van der Waals surface area contributed by atoms with Gasteiger partial charge in [0.1, 0.15) is 17.2 Å². The fraction of sp³-hybridized carbons (Fsp3) is 0.421. The fourth-order valence-electron chi connectivity index (χ4n) is 3.16. The second-order valence-electron chi connectivity index (χ2n) is 7.51. The van der Waals surface area contributed by atoms with Gasteiger partial charge in [-0.3, -0.25) is 18.3 Å². The molecule has 0 radical (unpaired) electrons. The zero-order valence-electron chi connectivity index (χ0n) is 17.1. The number of nitrogens with one attached hydrogen (secondary N) is 1. The number of carbonyl (C=O) groups is 1. The van der Waals surface area contributed by atoms with Gasteiger partial charge >= 0.3 is 0 Å². The Morgan fingerprint density at radius 3 is 2.77 bits per heavy atom. The van der Waals surface area contributed by atoms with Crippen LogP contribution in [-0.2, 0) is 44.3 Å². The number of halogens is 1. The highest BCUT2D eigenvalue weighted by Crippen LogP contribution is 2.27. The number of carbonyl (C=O) groups excluding carboxylic acids is 1. The number of amides is 1. The molecule has 1 aromatic carbocycles. The van der Waals surface area contributed by atoms with E-state index in [1.807, 2.05) is 0 Å². The smallest absolute Gasteiger partial charge is 0.296 e. The molecule has 1 amide bonds. The molecule has 1 aromatic heterocycles. The van der Waals surface area contributed by atoms with E-state index < -0.39 is 51.1 Å². The monoisotopic (exact) mass is 455 g/mol. The Kier molecular flexibility index (Phi) is 6.16. The van der Waals surface area contributed by atoms with E-state index in [-0.39, 0.29) is 31.1 Å². The molecule has 2 aromatic rings. The molecule has 0 fully saturated rings. The minimum atomic E-state index is -3.76. The Morgan fingerprint density at radius 1 is 1.39 bits per heavy atom. The van der Waals surface area contributed by atoms with E-state index in [0.29, 0.717) is 5.56 Å². The lowest BCUT2D eigenvalue weighted by atomic mass is 10.1. The molecule has 2 heterocycles. The van der Waals surface area contributed by atoms with Gasteiger partial charge in [0.05, 0.1) is 26.0 Å². The quantitative estimate of drug-likeness (QED) is 0.609. The second kappa shape index (κ2) is 8.36. The summed E-state index contributed by atoms with van der Waals surface area (Å²) in [5.74, 6) is -2.03. The van der Waals surface area contributed by atoms with E-state index in [1.54, 1.807) is 13.8 Å². The molecule has 31 heavy (non-hydrogen) atoms. The molecule has 12 heteroatoms. The fourth-order valence-corrected chi connectivity index (χ4v) is 3.50. The Bertz CT molecular complexity index is 1190. The van der Waals surface area contributed by atoms with Crippen molar-refractivity contribution in [2.75, 3.05) is 12.9 Å². The summed E-state index contributed by atoms with van der Waals surface area (Å²) < 4.78 is 47.6. The number of ether oxygens (including phenoxy) is 1. The van der Waals surface area contributed by atoms with Crippen LogP contribution in [0.5, 0.6) is 5.75 Å². The number of rotatable bonds is 6. The van der Waals surface area contributed by atoms with Gasteiger partial charge in [-0.2, -0.15) is 8.42 Å². The molecule has 3 rings (SSSR count). The highest BCUT2D eigenvalue weighted by molar-refractivity contribution is 7.85. The number of hydrogen-bond donors (Lipinski definition) is 2. The van der Waals surface area contributed by atoms with Crippen LogP contribution in [0.2, 0.25) is 0 Å². The number of nitrogens with zero attached hydrogens (tertiary/aromatic N) is 2. The maximum Gasteiger partial charge on any atom is 0.296 e. The van der Waals surface area contributed by atoms with Gasteiger partial charge in [0.25, 0.3) is 21.6 Å². The van der Waals surface area contributed by atoms with Crippen molar-refractivity contribution in [1.29, 1.82) is 0 Å². The molecule has 0 bridgehead atoms. The van der Waals surface area contributed by atoms with Crippen LogP contribution in [0.4, 0.5) is 4.39 Å². The largest absolute Gasteiger partial charge is 0.501 e. The summed E-state index contributed by atoms with van der Waals surface area (Å²) in [5, 5.41) is 12.7. The molecule has 10 nitrogen and oxygen atoms in total. The molecular formula is C19H22FN3O7S. The third kappa shape index (κ3) is 5.09. The van der Waals surface area contributed by atoms with Crippen molar-refractivity contribution in [2.24, 2.45) is 0 Å². The van der Waals surface area contributed by atoms with Crippen LogP contribution < -0.4 is 10.9 Å². The maximum atomic E-state index is 13.6. The van der Waals surface area contributed by atoms with E-state index in [4.69, 9.17) is 8.92 Å². The van der Waals surface area contributed by atoms with Crippen LogP contribution in [0.15, 0.2) is 23.0 Å². The van der Waals surface area contributed by atoms with Gasteiger partial charge in [0, 0.05) is 6.54 Å². The van der Waals surface area contributed by atoms with Crippen molar-refractivity contribution in [2.45, 2.75) is 39.1 Å². The zero-order valence-corrected chi connectivity index (χ0v) is 18.0. The molecule has 2 N–H and O–H groups in total. The summed E-state index contributed by atoms with van der Waals surface area (Å²) in [6.07, 6.45) is 0.863. The minimum absolute atomic E-state index is 0.152. The van der Waals surface area contributed by atoms with Crippen molar-refractivity contribution in [1.82, 2.24) is 14.9 Å². The molecule has 0 saturated heterocycles. The van der Waals surface area contributed by atoms with Gasteiger partial charge in [0.15, 0.2) is 5.69 Å². The highest BCUT2D eigenvalue weighted by Gasteiger charge is 2.34. The van der Waals surface area contributed by atoms with E-state index in [2.05, 4.69) is 10.3 Å². The van der Waals surface area contributed by atoms with Crippen molar-refractivity contribution in [3.05, 3.63) is 57.0 Å². The van der Waals surface area contributed by atoms with E-state index in [9.17, 15) is 27.5 Å². The number of aromatic hydroxyl groups is 1. The van der Waals surface area contributed by atoms with E-state index in [0.717, 1.165) is 18.4 Å². The predicted octanol–water partition coefficient (Wildman–Crippen LogP) is 0.759. The van der Waals surface area contributed by atoms with Gasteiger partial charge in [-0.15, -0.1) is 0 Å². The minimum Gasteiger partial charge on any atom is -0.501 e. The third-order valence-electron chi connectivity index (χ3n) is 4.71. The first-order valence-electron chi connectivity index (χ1n) is 9.27. The normalized spacial score (nSPS) is 15.4. The van der Waals surface area contributed by atoms with E-state index >= 15 is 0 Å². The summed E-state index contributed by atoms with van der Waals surface area (Å²) in [7, 11) is -3.76. The van der Waals surface area contributed by atoms with Crippen molar-refractivity contribution in [3.8, 4) is 5.75 Å². The van der Waals surface area contributed by atoms with Crippen LogP contribution >= 0.6 is 0 Å². The Hall–Kier alpha value is -2.83. The number of hydrogen-bond acceptors (Lipinski definition) is 8. The van der Waals surface area contributed by atoms with Gasteiger partial charge in [-0.05, 0) is 37.1 Å². The Balaban J connectivity index is 1.85. The van der Waals surface area contributed by atoms with Gasteiger partial charge in [-0.25, -0.2) is 9.37 Å². The van der Waals surface area contributed by atoms with Crippen LogP contribution in [0, 0.1) is 5.82 Å². The zero-order chi connectivity index (χ0) is 23.0. The summed E-state index contributed by atoms with van der Waals surface area (Å²) in [4.78, 5) is 29.3. The first-order valence-corrected chi connectivity index (χ1v) is 11.1. The summed E-state index contributed by atoms with van der Waals surface area (Å²) >= 11 is 0. The number of fused-ring (bicyclic) bond motifs is 1. The first kappa shape index (κ1) is 22.8. The Labute approximate surface area is 177 Å². The van der Waals surface area contributed by atoms with Crippen LogP contribution in [0.3, 0.4) is 0 Å². The third-order valence-corrected chi connectivity index (χ3v) is 5.26.